The SMILES string of the molecule is CNCc1ccc(S(=O)(=O)Nc2ccccc2I)cc1Cl. The Morgan fingerprint density at radius 2 is 1.90 bits per heavy atom. The highest BCUT2D eigenvalue weighted by molar-refractivity contribution is 14.1. The number of para-hydroxylation sites is 1. The average Bonchev–Trinajstić information content (AvgIpc) is 2.43. The molecule has 2 N–H and O–H groups in total. The van der Waals surface area contributed by atoms with Gasteiger partial charge in [-0.1, -0.05) is 29.8 Å². The lowest BCUT2D eigenvalue weighted by Gasteiger charge is -2.11. The minimum absolute atomic E-state index is 0.145. The van der Waals surface area contributed by atoms with Gasteiger partial charge in [-0.25, -0.2) is 8.42 Å². The molecule has 0 atom stereocenters. The van der Waals surface area contributed by atoms with Gasteiger partial charge in [0, 0.05) is 15.1 Å². The predicted molar refractivity (Wildman–Crippen MR) is 94.2 cm³/mol. The first-order valence-corrected chi connectivity index (χ1v) is 9.08. The Morgan fingerprint density at radius 3 is 2.52 bits per heavy atom. The van der Waals surface area contributed by atoms with Crippen molar-refractivity contribution in [2.75, 3.05) is 11.8 Å². The molecule has 0 heterocycles. The molecule has 0 unspecified atom stereocenters. The van der Waals surface area contributed by atoms with Crippen molar-refractivity contribution in [3.63, 3.8) is 0 Å². The van der Waals surface area contributed by atoms with Crippen molar-refractivity contribution >= 4 is 49.9 Å². The van der Waals surface area contributed by atoms with Crippen molar-refractivity contribution in [2.45, 2.75) is 11.4 Å². The van der Waals surface area contributed by atoms with Gasteiger partial charge < -0.3 is 5.32 Å². The van der Waals surface area contributed by atoms with Crippen molar-refractivity contribution in [1.29, 1.82) is 0 Å². The molecule has 0 saturated carbocycles. The van der Waals surface area contributed by atoms with Crippen LogP contribution in [0.2, 0.25) is 5.02 Å². The summed E-state index contributed by atoms with van der Waals surface area (Å²) in [5.41, 5.74) is 1.40. The first-order chi connectivity index (χ1) is 9.94. The van der Waals surface area contributed by atoms with Gasteiger partial charge in [-0.05, 0) is 59.5 Å². The smallest absolute Gasteiger partial charge is 0.261 e. The average molecular weight is 437 g/mol. The van der Waals surface area contributed by atoms with Gasteiger partial charge in [-0.15, -0.1) is 0 Å². The van der Waals surface area contributed by atoms with Crippen LogP contribution in [0.25, 0.3) is 0 Å². The highest BCUT2D eigenvalue weighted by atomic mass is 127. The Morgan fingerprint density at radius 1 is 1.19 bits per heavy atom. The van der Waals surface area contributed by atoms with Gasteiger partial charge in [0.2, 0.25) is 0 Å². The van der Waals surface area contributed by atoms with Crippen molar-refractivity contribution in [3.8, 4) is 0 Å². The van der Waals surface area contributed by atoms with Gasteiger partial charge in [0.25, 0.3) is 10.0 Å². The predicted octanol–water partition coefficient (Wildman–Crippen LogP) is 3.46. The minimum atomic E-state index is -3.65. The highest BCUT2D eigenvalue weighted by Crippen LogP contribution is 2.24. The third kappa shape index (κ3) is 4.09. The molecule has 0 spiro atoms. The van der Waals surface area contributed by atoms with Crippen LogP contribution < -0.4 is 10.0 Å². The summed E-state index contributed by atoms with van der Waals surface area (Å²) in [5.74, 6) is 0. The monoisotopic (exact) mass is 436 g/mol. The molecule has 0 amide bonds. The summed E-state index contributed by atoms with van der Waals surface area (Å²) in [6.07, 6.45) is 0. The third-order valence-electron chi connectivity index (χ3n) is 2.82. The van der Waals surface area contributed by atoms with E-state index in [1.165, 1.54) is 6.07 Å². The fraction of sp³-hybridized carbons (Fsp3) is 0.143. The molecule has 0 saturated heterocycles. The number of sulfonamides is 1. The molecule has 2 aromatic carbocycles. The Kier molecular flexibility index (Phi) is 5.48. The van der Waals surface area contributed by atoms with Crippen LogP contribution in [0.3, 0.4) is 0 Å². The Balaban J connectivity index is 2.32. The van der Waals surface area contributed by atoms with E-state index in [-0.39, 0.29) is 4.90 Å². The molecule has 0 aliphatic rings. The molecule has 0 aliphatic carbocycles. The summed E-state index contributed by atoms with van der Waals surface area (Å²) in [6.45, 7) is 0.586. The number of halogens is 2. The molecule has 7 heteroatoms. The standard InChI is InChI=1S/C14H14ClIN2O2S/c1-17-9-10-6-7-11(8-12(10)15)21(19,20)18-14-5-3-2-4-13(14)16/h2-8,17-18H,9H2,1H3. The van der Waals surface area contributed by atoms with Crippen molar-refractivity contribution < 1.29 is 8.42 Å². The molecule has 0 aliphatic heterocycles. The lowest BCUT2D eigenvalue weighted by Crippen LogP contribution is -2.14. The van der Waals surface area contributed by atoms with Crippen molar-refractivity contribution in [3.05, 3.63) is 56.6 Å². The lowest BCUT2D eigenvalue weighted by atomic mass is 10.2. The van der Waals surface area contributed by atoms with Crippen LogP contribution in [0.15, 0.2) is 47.4 Å². The summed E-state index contributed by atoms with van der Waals surface area (Å²) in [7, 11) is -1.84. The topological polar surface area (TPSA) is 58.2 Å². The first kappa shape index (κ1) is 16.5. The van der Waals surface area contributed by atoms with Crippen LogP contribution in [0, 0.1) is 3.57 Å². The largest absolute Gasteiger partial charge is 0.316 e. The second kappa shape index (κ2) is 6.95. The number of nitrogens with one attached hydrogen (secondary N) is 2. The van der Waals surface area contributed by atoms with Crippen LogP contribution in [-0.4, -0.2) is 15.5 Å². The lowest BCUT2D eigenvalue weighted by molar-refractivity contribution is 0.601. The Labute approximate surface area is 143 Å². The Bertz CT molecular complexity index is 750. The van der Waals surface area contributed by atoms with Crippen LogP contribution in [0.5, 0.6) is 0 Å². The zero-order valence-corrected chi connectivity index (χ0v) is 15.0. The zero-order valence-electron chi connectivity index (χ0n) is 11.2. The normalized spacial score (nSPS) is 11.4. The molecule has 2 rings (SSSR count). The molecule has 0 bridgehead atoms. The number of benzene rings is 2. The maximum absolute atomic E-state index is 12.4. The second-order valence-electron chi connectivity index (χ2n) is 4.37. The molecular weight excluding hydrogens is 423 g/mol. The van der Waals surface area contributed by atoms with Gasteiger partial charge in [-0.2, -0.15) is 0 Å². The summed E-state index contributed by atoms with van der Waals surface area (Å²) >= 11 is 8.20. The molecule has 0 aromatic heterocycles. The molecule has 4 nitrogen and oxygen atoms in total. The number of anilines is 1. The first-order valence-electron chi connectivity index (χ1n) is 6.14. The summed E-state index contributed by atoms with van der Waals surface area (Å²) < 4.78 is 28.2. The minimum Gasteiger partial charge on any atom is -0.316 e. The summed E-state index contributed by atoms with van der Waals surface area (Å²) in [4.78, 5) is 0.145. The molecule has 112 valence electrons. The van der Waals surface area contributed by atoms with E-state index in [0.29, 0.717) is 17.3 Å². The second-order valence-corrected chi connectivity index (χ2v) is 7.62. The van der Waals surface area contributed by atoms with Crippen LogP contribution >= 0.6 is 34.2 Å². The van der Waals surface area contributed by atoms with E-state index in [2.05, 4.69) is 32.6 Å². The van der Waals surface area contributed by atoms with Gasteiger partial charge in [0.1, 0.15) is 0 Å². The molecule has 2 aromatic rings. The molecule has 21 heavy (non-hydrogen) atoms. The number of hydrogen-bond donors (Lipinski definition) is 2. The van der Waals surface area contributed by atoms with E-state index in [9.17, 15) is 8.42 Å². The van der Waals surface area contributed by atoms with Gasteiger partial charge in [0.05, 0.1) is 10.6 Å². The van der Waals surface area contributed by atoms with E-state index in [1.807, 2.05) is 12.1 Å². The van der Waals surface area contributed by atoms with Gasteiger partial charge in [0.15, 0.2) is 0 Å². The van der Waals surface area contributed by atoms with Crippen LogP contribution in [0.1, 0.15) is 5.56 Å². The van der Waals surface area contributed by atoms with Crippen molar-refractivity contribution in [1.82, 2.24) is 5.32 Å². The number of rotatable bonds is 5. The fourth-order valence-corrected chi connectivity index (χ4v) is 3.90. The third-order valence-corrected chi connectivity index (χ3v) is 5.48. The number of hydrogen-bond acceptors (Lipinski definition) is 3. The fourth-order valence-electron chi connectivity index (χ4n) is 1.78. The zero-order chi connectivity index (χ0) is 15.5. The van der Waals surface area contributed by atoms with E-state index in [0.717, 1.165) is 9.13 Å². The highest BCUT2D eigenvalue weighted by Gasteiger charge is 2.16. The summed E-state index contributed by atoms with van der Waals surface area (Å²) in [5, 5.41) is 3.41. The Hall–Kier alpha value is -0.830. The molecule has 0 fully saturated rings. The van der Waals surface area contributed by atoms with Gasteiger partial charge >= 0.3 is 0 Å². The van der Waals surface area contributed by atoms with E-state index in [1.54, 1.807) is 31.3 Å². The maximum Gasteiger partial charge on any atom is 0.261 e. The van der Waals surface area contributed by atoms with Crippen LogP contribution in [0.4, 0.5) is 5.69 Å². The van der Waals surface area contributed by atoms with Crippen LogP contribution in [-0.2, 0) is 16.6 Å². The summed E-state index contributed by atoms with van der Waals surface area (Å²) in [6, 6.07) is 11.9. The van der Waals surface area contributed by atoms with E-state index < -0.39 is 10.0 Å². The van der Waals surface area contributed by atoms with E-state index >= 15 is 0 Å². The van der Waals surface area contributed by atoms with E-state index in [4.69, 9.17) is 11.6 Å². The maximum atomic E-state index is 12.4. The quantitative estimate of drug-likeness (QED) is 0.706. The van der Waals surface area contributed by atoms with Gasteiger partial charge in [-0.3, -0.25) is 4.72 Å². The molecular formula is C14H14ClIN2O2S. The van der Waals surface area contributed by atoms with Crippen molar-refractivity contribution in [2.24, 2.45) is 0 Å². The molecule has 0 radical (unpaired) electrons.